The Morgan fingerprint density at radius 2 is 1.44 bits per heavy atom. The molecule has 0 spiro atoms. The molecule has 256 valence electrons. The first-order chi connectivity index (χ1) is 24.2. The van der Waals surface area contributed by atoms with Crippen molar-refractivity contribution in [3.05, 3.63) is 111 Å². The van der Waals surface area contributed by atoms with E-state index >= 15 is 0 Å². The second kappa shape index (κ2) is 14.5. The maximum absolute atomic E-state index is 13.3. The van der Waals surface area contributed by atoms with Crippen molar-refractivity contribution in [2.24, 2.45) is 0 Å². The van der Waals surface area contributed by atoms with Crippen LogP contribution in [0.4, 0.5) is 0 Å². The number of benzene rings is 2. The van der Waals surface area contributed by atoms with Crippen LogP contribution in [0.15, 0.2) is 77.9 Å². The number of amides is 2. The van der Waals surface area contributed by atoms with E-state index in [9.17, 15) is 14.4 Å². The minimum Gasteiger partial charge on any atom is -0.352 e. The van der Waals surface area contributed by atoms with Gasteiger partial charge in [-0.1, -0.05) is 54.1 Å². The highest BCUT2D eigenvalue weighted by Crippen LogP contribution is 2.39. The number of nitrogens with zero attached hydrogens (tertiary/aromatic N) is 3. The number of fused-ring (bicyclic) bond motifs is 1. The molecule has 2 aromatic carbocycles. The first-order valence-corrected chi connectivity index (χ1v) is 17.5. The summed E-state index contributed by atoms with van der Waals surface area (Å²) >= 11 is 7.14. The molecule has 10 nitrogen and oxygen atoms in total. The molecule has 2 atom stereocenters. The van der Waals surface area contributed by atoms with E-state index < -0.39 is 0 Å². The fourth-order valence-electron chi connectivity index (χ4n) is 6.93. The van der Waals surface area contributed by atoms with Crippen molar-refractivity contribution >= 4 is 29.1 Å². The smallest absolute Gasteiger partial charge is 0.262 e. The number of rotatable bonds is 11. The number of aryl methyl sites for hydroxylation is 1. The summed E-state index contributed by atoms with van der Waals surface area (Å²) in [5.41, 5.74) is 9.66. The lowest BCUT2D eigenvalue weighted by atomic mass is 9.92. The van der Waals surface area contributed by atoms with Crippen LogP contribution in [-0.2, 0) is 22.7 Å². The number of carbonyl (C=O) groups is 2. The molecule has 50 heavy (non-hydrogen) atoms. The van der Waals surface area contributed by atoms with Crippen LogP contribution in [0.3, 0.4) is 0 Å². The Balaban J connectivity index is 1.09. The largest absolute Gasteiger partial charge is 0.352 e. The van der Waals surface area contributed by atoms with Crippen LogP contribution in [-0.4, -0.2) is 51.4 Å². The van der Waals surface area contributed by atoms with E-state index in [4.69, 9.17) is 16.6 Å². The number of nitrogens with one attached hydrogen (secondary N) is 4. The minimum atomic E-state index is -0.120. The molecule has 0 unspecified atom stereocenters. The van der Waals surface area contributed by atoms with E-state index in [1.165, 1.54) is 0 Å². The Labute approximate surface area is 295 Å². The molecule has 0 saturated carbocycles. The van der Waals surface area contributed by atoms with Gasteiger partial charge < -0.3 is 21.3 Å². The normalized spacial score (nSPS) is 17.3. The van der Waals surface area contributed by atoms with Gasteiger partial charge in [-0.3, -0.25) is 23.8 Å². The zero-order valence-corrected chi connectivity index (χ0v) is 28.9. The molecule has 11 heteroatoms. The summed E-state index contributed by atoms with van der Waals surface area (Å²) in [4.78, 5) is 45.8. The maximum Gasteiger partial charge on any atom is 0.262 e. The maximum atomic E-state index is 13.3. The lowest BCUT2D eigenvalue weighted by Gasteiger charge is -2.16. The van der Waals surface area contributed by atoms with Crippen LogP contribution in [0, 0.1) is 13.8 Å². The zero-order chi connectivity index (χ0) is 34.8. The molecular formula is C39H40ClN7O3. The standard InChI is InChI=1S/C39H40ClN7O3/c1-23-30(25-15-16-47-35(17-25)43-20-27(39(47)50)19-42-22-29-11-14-37(49)46-29)5-3-6-31(23)32-7-4-8-33(38(32)40)34-12-9-26(24(2)44-34)18-41-21-28-10-13-36(48)45-28/h3-9,12,15-17,20,28-29,41-42H,10-11,13-14,18-19,21-22H2,1-2H3,(H,45,48)(H,46,49)/t28-,29-/m1/s1. The molecule has 2 aliphatic heterocycles. The number of hydrogen-bond acceptors (Lipinski definition) is 7. The van der Waals surface area contributed by atoms with Crippen LogP contribution >= 0.6 is 11.6 Å². The van der Waals surface area contributed by atoms with Gasteiger partial charge in [0.05, 0.1) is 10.7 Å². The third-order valence-electron chi connectivity index (χ3n) is 9.77. The molecule has 0 aliphatic carbocycles. The van der Waals surface area contributed by atoms with Gasteiger partial charge in [-0.2, -0.15) is 0 Å². The van der Waals surface area contributed by atoms with E-state index in [0.717, 1.165) is 69.7 Å². The van der Waals surface area contributed by atoms with E-state index in [1.807, 2.05) is 49.4 Å². The molecule has 2 aliphatic rings. The first kappa shape index (κ1) is 33.6. The van der Waals surface area contributed by atoms with Gasteiger partial charge >= 0.3 is 0 Å². The van der Waals surface area contributed by atoms with Crippen molar-refractivity contribution in [1.29, 1.82) is 0 Å². The average molecular weight is 690 g/mol. The predicted octanol–water partition coefficient (Wildman–Crippen LogP) is 5.10. The van der Waals surface area contributed by atoms with Crippen molar-refractivity contribution in [2.45, 2.75) is 64.7 Å². The molecule has 0 bridgehead atoms. The third kappa shape index (κ3) is 7.05. The number of hydrogen-bond donors (Lipinski definition) is 4. The van der Waals surface area contributed by atoms with Crippen LogP contribution in [0.25, 0.3) is 39.2 Å². The molecule has 4 N–H and O–H groups in total. The van der Waals surface area contributed by atoms with Crippen molar-refractivity contribution in [3.63, 3.8) is 0 Å². The van der Waals surface area contributed by atoms with Crippen LogP contribution < -0.4 is 26.8 Å². The molecule has 0 radical (unpaired) electrons. The van der Waals surface area contributed by atoms with Crippen LogP contribution in [0.1, 0.15) is 48.1 Å². The predicted molar refractivity (Wildman–Crippen MR) is 196 cm³/mol. The highest BCUT2D eigenvalue weighted by atomic mass is 35.5. The molecular weight excluding hydrogens is 650 g/mol. The van der Waals surface area contributed by atoms with Crippen LogP contribution in [0.2, 0.25) is 5.02 Å². The summed E-state index contributed by atoms with van der Waals surface area (Å²) in [5.74, 6) is 0.196. The summed E-state index contributed by atoms with van der Waals surface area (Å²) in [6.45, 7) is 6.48. The second-order valence-electron chi connectivity index (χ2n) is 13.2. The van der Waals surface area contributed by atoms with Crippen molar-refractivity contribution in [1.82, 2.24) is 35.6 Å². The van der Waals surface area contributed by atoms with Gasteiger partial charge in [-0.25, -0.2) is 4.98 Å². The molecule has 2 amide bonds. The lowest BCUT2D eigenvalue weighted by molar-refractivity contribution is -0.120. The summed E-state index contributed by atoms with van der Waals surface area (Å²) < 4.78 is 1.57. The lowest BCUT2D eigenvalue weighted by Crippen LogP contribution is -2.36. The monoisotopic (exact) mass is 689 g/mol. The average Bonchev–Trinajstić information content (AvgIpc) is 3.73. The fraction of sp³-hybridized carbons (Fsp3) is 0.308. The molecule has 5 heterocycles. The molecule has 2 fully saturated rings. The van der Waals surface area contributed by atoms with E-state index in [0.29, 0.717) is 48.7 Å². The Kier molecular flexibility index (Phi) is 9.76. The molecule has 2 saturated heterocycles. The summed E-state index contributed by atoms with van der Waals surface area (Å²) in [7, 11) is 0. The Hall–Kier alpha value is -4.90. The van der Waals surface area contributed by atoms with Gasteiger partial charge in [0.15, 0.2) is 0 Å². The molecule has 5 aromatic rings. The molecule has 7 rings (SSSR count). The molecule has 3 aromatic heterocycles. The van der Waals surface area contributed by atoms with Gasteiger partial charge in [-0.05, 0) is 72.7 Å². The first-order valence-electron chi connectivity index (χ1n) is 17.1. The van der Waals surface area contributed by atoms with E-state index in [2.05, 4.69) is 51.4 Å². The summed E-state index contributed by atoms with van der Waals surface area (Å²) in [6.07, 6.45) is 6.22. The zero-order valence-electron chi connectivity index (χ0n) is 28.2. The Morgan fingerprint density at radius 3 is 2.10 bits per heavy atom. The van der Waals surface area contributed by atoms with Crippen molar-refractivity contribution in [3.8, 4) is 33.5 Å². The third-order valence-corrected chi connectivity index (χ3v) is 10.2. The van der Waals surface area contributed by atoms with Crippen molar-refractivity contribution < 1.29 is 9.59 Å². The number of aromatic nitrogens is 3. The van der Waals surface area contributed by atoms with E-state index in [1.54, 1.807) is 16.8 Å². The topological polar surface area (TPSA) is 130 Å². The Morgan fingerprint density at radius 1 is 0.800 bits per heavy atom. The van der Waals surface area contributed by atoms with Crippen molar-refractivity contribution in [2.75, 3.05) is 13.1 Å². The number of pyridine rings is 2. The minimum absolute atomic E-state index is 0.0738. The van der Waals surface area contributed by atoms with Gasteiger partial charge in [-0.15, -0.1) is 0 Å². The number of halogens is 1. The van der Waals surface area contributed by atoms with E-state index in [-0.39, 0.29) is 29.5 Å². The van der Waals surface area contributed by atoms with Crippen LogP contribution in [0.5, 0.6) is 0 Å². The van der Waals surface area contributed by atoms with Gasteiger partial charge in [0, 0.05) is 85.9 Å². The quantitative estimate of drug-likeness (QED) is 0.152. The Bertz CT molecular complexity index is 2160. The van der Waals surface area contributed by atoms with Gasteiger partial charge in [0.1, 0.15) is 5.65 Å². The van der Waals surface area contributed by atoms with Gasteiger partial charge in [0.2, 0.25) is 11.8 Å². The highest BCUT2D eigenvalue weighted by Gasteiger charge is 2.21. The second-order valence-corrected chi connectivity index (χ2v) is 13.6. The SMILES string of the molecule is Cc1nc(-c2cccc(-c3cccc(-c4ccn5c(=O)c(CNC[C@H]6CCC(=O)N6)cnc5c4)c3C)c2Cl)ccc1CNC[C@H]1CCC(=O)N1. The number of carbonyl (C=O) groups excluding carboxylic acids is 2. The van der Waals surface area contributed by atoms with Gasteiger partial charge in [0.25, 0.3) is 5.56 Å². The summed E-state index contributed by atoms with van der Waals surface area (Å²) in [5, 5.41) is 13.3. The highest BCUT2D eigenvalue weighted by molar-refractivity contribution is 6.36. The summed E-state index contributed by atoms with van der Waals surface area (Å²) in [6, 6.07) is 20.4. The fourth-order valence-corrected chi connectivity index (χ4v) is 7.25.